The number of carbonyl (C=O) groups excluding carboxylic acids is 1. The van der Waals surface area contributed by atoms with Crippen molar-refractivity contribution < 1.29 is 4.79 Å². The Kier molecular flexibility index (Phi) is 3.38. The molecule has 0 spiro atoms. The quantitative estimate of drug-likeness (QED) is 0.839. The van der Waals surface area contributed by atoms with Crippen molar-refractivity contribution in [1.29, 1.82) is 0 Å². The number of aromatic nitrogens is 2. The molecule has 0 bridgehead atoms. The fourth-order valence-corrected chi connectivity index (χ4v) is 1.94. The van der Waals surface area contributed by atoms with E-state index in [1.807, 2.05) is 11.8 Å². The first-order valence-electron chi connectivity index (χ1n) is 5.95. The van der Waals surface area contributed by atoms with Crippen LogP contribution in [0.5, 0.6) is 0 Å². The van der Waals surface area contributed by atoms with Crippen molar-refractivity contribution in [3.05, 3.63) is 24.3 Å². The zero-order chi connectivity index (χ0) is 12.4. The molecule has 5 heteroatoms. The second-order valence-electron chi connectivity index (χ2n) is 4.57. The summed E-state index contributed by atoms with van der Waals surface area (Å²) in [4.78, 5) is 22.2. The fourth-order valence-electron chi connectivity index (χ4n) is 1.94. The van der Waals surface area contributed by atoms with Crippen LogP contribution >= 0.6 is 0 Å². The molecule has 2 rings (SSSR count). The van der Waals surface area contributed by atoms with E-state index in [9.17, 15) is 4.79 Å². The van der Waals surface area contributed by atoms with Gasteiger partial charge < -0.3 is 10.6 Å². The van der Waals surface area contributed by atoms with Crippen LogP contribution in [0.2, 0.25) is 0 Å². The topological polar surface area (TPSA) is 72.1 Å². The van der Waals surface area contributed by atoms with Gasteiger partial charge in [0.15, 0.2) is 0 Å². The van der Waals surface area contributed by atoms with Gasteiger partial charge in [0.2, 0.25) is 5.91 Å². The lowest BCUT2D eigenvalue weighted by Gasteiger charge is -2.30. The predicted octanol–water partition coefficient (Wildman–Crippen LogP) is 0.876. The standard InChI is InChI=1S/C12H18N4O/c1-8(13)12(17)16(10-3-4-10)9(2)11-7-14-5-6-15-11/h5-10H,3-4,13H2,1-2H3/t8-,9-/m0/s1. The molecule has 2 N–H and O–H groups in total. The van der Waals surface area contributed by atoms with Crippen molar-refractivity contribution in [2.75, 3.05) is 0 Å². The lowest BCUT2D eigenvalue weighted by Crippen LogP contribution is -2.44. The Hall–Kier alpha value is -1.49. The molecule has 17 heavy (non-hydrogen) atoms. The normalized spacial score (nSPS) is 18.5. The first-order chi connectivity index (χ1) is 8.11. The highest BCUT2D eigenvalue weighted by atomic mass is 16.2. The minimum atomic E-state index is -0.463. The molecule has 0 aromatic carbocycles. The number of nitrogens with zero attached hydrogens (tertiary/aromatic N) is 3. The van der Waals surface area contributed by atoms with Crippen LogP contribution in [0.25, 0.3) is 0 Å². The largest absolute Gasteiger partial charge is 0.330 e. The maximum Gasteiger partial charge on any atom is 0.240 e. The Balaban J connectivity index is 2.19. The zero-order valence-corrected chi connectivity index (χ0v) is 10.2. The molecule has 1 aliphatic carbocycles. The van der Waals surface area contributed by atoms with Crippen molar-refractivity contribution in [1.82, 2.24) is 14.9 Å². The van der Waals surface area contributed by atoms with Crippen molar-refractivity contribution >= 4 is 5.91 Å². The van der Waals surface area contributed by atoms with Gasteiger partial charge >= 0.3 is 0 Å². The van der Waals surface area contributed by atoms with E-state index in [0.29, 0.717) is 6.04 Å². The van der Waals surface area contributed by atoms with Crippen molar-refractivity contribution in [3.63, 3.8) is 0 Å². The van der Waals surface area contributed by atoms with Crippen molar-refractivity contribution in [2.24, 2.45) is 5.73 Å². The average molecular weight is 234 g/mol. The SMILES string of the molecule is C[C@H](N)C(=O)N(C1CC1)[C@@H](C)c1cnccn1. The van der Waals surface area contributed by atoms with Gasteiger partial charge in [-0.15, -0.1) is 0 Å². The van der Waals surface area contributed by atoms with Gasteiger partial charge in [0.25, 0.3) is 0 Å². The Morgan fingerprint density at radius 2 is 2.18 bits per heavy atom. The van der Waals surface area contributed by atoms with E-state index in [2.05, 4.69) is 9.97 Å². The lowest BCUT2D eigenvalue weighted by atomic mass is 10.1. The summed E-state index contributed by atoms with van der Waals surface area (Å²) in [5, 5.41) is 0. The van der Waals surface area contributed by atoms with Crippen LogP contribution in [0.3, 0.4) is 0 Å². The van der Waals surface area contributed by atoms with Gasteiger partial charge in [-0.05, 0) is 26.7 Å². The summed E-state index contributed by atoms with van der Waals surface area (Å²) < 4.78 is 0. The Morgan fingerprint density at radius 3 is 2.65 bits per heavy atom. The maximum atomic E-state index is 12.1. The van der Waals surface area contributed by atoms with Gasteiger partial charge in [-0.2, -0.15) is 0 Å². The van der Waals surface area contributed by atoms with E-state index in [-0.39, 0.29) is 11.9 Å². The van der Waals surface area contributed by atoms with E-state index in [1.54, 1.807) is 25.5 Å². The highest BCUT2D eigenvalue weighted by Gasteiger charge is 2.37. The molecule has 1 aromatic rings. The Bertz CT molecular complexity index is 389. The van der Waals surface area contributed by atoms with Gasteiger partial charge in [0, 0.05) is 18.4 Å². The van der Waals surface area contributed by atoms with E-state index < -0.39 is 6.04 Å². The van der Waals surface area contributed by atoms with Crippen LogP contribution in [0, 0.1) is 0 Å². The first kappa shape index (κ1) is 12.0. The van der Waals surface area contributed by atoms with Gasteiger partial charge in [0.05, 0.1) is 24.0 Å². The Morgan fingerprint density at radius 1 is 1.47 bits per heavy atom. The molecule has 1 fully saturated rings. The minimum Gasteiger partial charge on any atom is -0.330 e. The number of hydrogen-bond donors (Lipinski definition) is 1. The molecule has 1 heterocycles. The van der Waals surface area contributed by atoms with Crippen LogP contribution in [0.15, 0.2) is 18.6 Å². The maximum absolute atomic E-state index is 12.1. The van der Waals surface area contributed by atoms with E-state index in [4.69, 9.17) is 5.73 Å². The van der Waals surface area contributed by atoms with Crippen LogP contribution in [-0.2, 0) is 4.79 Å². The highest BCUT2D eigenvalue weighted by molar-refractivity contribution is 5.82. The molecule has 1 saturated carbocycles. The average Bonchev–Trinajstić information content (AvgIpc) is 3.14. The molecular weight excluding hydrogens is 216 g/mol. The molecular formula is C12H18N4O. The third kappa shape index (κ3) is 2.61. The van der Waals surface area contributed by atoms with Crippen LogP contribution in [-0.4, -0.2) is 32.9 Å². The molecule has 0 saturated heterocycles. The lowest BCUT2D eigenvalue weighted by molar-refractivity contribution is -0.135. The molecule has 92 valence electrons. The zero-order valence-electron chi connectivity index (χ0n) is 10.2. The number of amides is 1. The summed E-state index contributed by atoms with van der Waals surface area (Å²) in [6.45, 7) is 3.70. The number of rotatable bonds is 4. The van der Waals surface area contributed by atoms with Crippen LogP contribution in [0.1, 0.15) is 38.4 Å². The van der Waals surface area contributed by atoms with E-state index in [1.165, 1.54) is 0 Å². The van der Waals surface area contributed by atoms with Gasteiger partial charge in [0.1, 0.15) is 0 Å². The summed E-state index contributed by atoms with van der Waals surface area (Å²) in [5.41, 5.74) is 6.50. The number of nitrogens with two attached hydrogens (primary N) is 1. The molecule has 0 aliphatic heterocycles. The van der Waals surface area contributed by atoms with Gasteiger partial charge in [-0.1, -0.05) is 0 Å². The smallest absolute Gasteiger partial charge is 0.240 e. The summed E-state index contributed by atoms with van der Waals surface area (Å²) in [6, 6.07) is -0.199. The predicted molar refractivity (Wildman–Crippen MR) is 64.0 cm³/mol. The monoisotopic (exact) mass is 234 g/mol. The van der Waals surface area contributed by atoms with Crippen molar-refractivity contribution in [3.8, 4) is 0 Å². The van der Waals surface area contributed by atoms with E-state index >= 15 is 0 Å². The summed E-state index contributed by atoms with van der Waals surface area (Å²) in [5.74, 6) is -0.00865. The van der Waals surface area contributed by atoms with Crippen LogP contribution < -0.4 is 5.73 Å². The molecule has 1 amide bonds. The molecule has 1 aliphatic rings. The molecule has 1 aromatic heterocycles. The van der Waals surface area contributed by atoms with Gasteiger partial charge in [-0.3, -0.25) is 14.8 Å². The summed E-state index contributed by atoms with van der Waals surface area (Å²) >= 11 is 0. The molecule has 5 nitrogen and oxygen atoms in total. The fraction of sp³-hybridized carbons (Fsp3) is 0.583. The number of hydrogen-bond acceptors (Lipinski definition) is 4. The second-order valence-corrected chi connectivity index (χ2v) is 4.57. The van der Waals surface area contributed by atoms with Gasteiger partial charge in [-0.25, -0.2) is 0 Å². The number of carbonyl (C=O) groups is 1. The second kappa shape index (κ2) is 4.79. The van der Waals surface area contributed by atoms with Crippen molar-refractivity contribution in [2.45, 2.75) is 44.8 Å². The summed E-state index contributed by atoms with van der Waals surface area (Å²) in [6.07, 6.45) is 7.10. The third-order valence-corrected chi connectivity index (χ3v) is 3.01. The minimum absolute atomic E-state index is 0.00865. The van der Waals surface area contributed by atoms with Crippen LogP contribution in [0.4, 0.5) is 0 Å². The Labute approximate surface area is 101 Å². The highest BCUT2D eigenvalue weighted by Crippen LogP contribution is 2.33. The molecule has 0 unspecified atom stereocenters. The van der Waals surface area contributed by atoms with E-state index in [0.717, 1.165) is 18.5 Å². The molecule has 2 atom stereocenters. The summed E-state index contributed by atoms with van der Waals surface area (Å²) in [7, 11) is 0. The molecule has 0 radical (unpaired) electrons. The first-order valence-corrected chi connectivity index (χ1v) is 5.95. The third-order valence-electron chi connectivity index (χ3n) is 3.01.